The van der Waals surface area contributed by atoms with Crippen LogP contribution < -0.4 is 0 Å². The molecule has 98 valence electrons. The molecule has 2 aromatic carbocycles. The summed E-state index contributed by atoms with van der Waals surface area (Å²) >= 11 is 3.20. The van der Waals surface area contributed by atoms with Gasteiger partial charge in [-0.15, -0.1) is 0 Å². The molecule has 0 aliphatic heterocycles. The third-order valence-corrected chi connectivity index (χ3v) is 3.19. The van der Waals surface area contributed by atoms with Crippen LogP contribution in [0.3, 0.4) is 0 Å². The van der Waals surface area contributed by atoms with E-state index in [0.29, 0.717) is 22.2 Å². The third kappa shape index (κ3) is 2.71. The van der Waals surface area contributed by atoms with E-state index in [1.54, 1.807) is 19.1 Å². The second-order valence-corrected chi connectivity index (χ2v) is 4.95. The van der Waals surface area contributed by atoms with Gasteiger partial charge in [0.1, 0.15) is 5.82 Å². The molecule has 0 amide bonds. The molecule has 0 unspecified atom stereocenters. The van der Waals surface area contributed by atoms with Crippen LogP contribution in [0.25, 0.3) is 0 Å². The van der Waals surface area contributed by atoms with Crippen molar-refractivity contribution in [3.63, 3.8) is 0 Å². The van der Waals surface area contributed by atoms with Crippen molar-refractivity contribution in [2.75, 3.05) is 0 Å². The minimum Gasteiger partial charge on any atom is -0.288 e. The highest BCUT2D eigenvalue weighted by Gasteiger charge is 2.19. The van der Waals surface area contributed by atoms with Crippen LogP contribution in [0.4, 0.5) is 13.2 Å². The van der Waals surface area contributed by atoms with E-state index in [-0.39, 0.29) is 5.56 Å². The molecule has 0 aliphatic carbocycles. The third-order valence-electron chi connectivity index (χ3n) is 2.70. The first-order valence-corrected chi connectivity index (χ1v) is 6.15. The van der Waals surface area contributed by atoms with Crippen LogP contribution in [-0.4, -0.2) is 5.78 Å². The Hall–Kier alpha value is -1.62. The highest BCUT2D eigenvalue weighted by Crippen LogP contribution is 2.22. The molecule has 5 heteroatoms. The lowest BCUT2D eigenvalue weighted by atomic mass is 9.98. The maximum absolute atomic E-state index is 13.6. The van der Waals surface area contributed by atoms with Crippen molar-refractivity contribution in [2.45, 2.75) is 6.92 Å². The largest absolute Gasteiger partial charge is 0.288 e. The van der Waals surface area contributed by atoms with Crippen molar-refractivity contribution >= 4 is 21.7 Å². The number of ketones is 1. The summed E-state index contributed by atoms with van der Waals surface area (Å²) < 4.78 is 40.1. The second kappa shape index (κ2) is 5.17. The molecule has 0 N–H and O–H groups in total. The van der Waals surface area contributed by atoms with Gasteiger partial charge in [-0.2, -0.15) is 0 Å². The van der Waals surface area contributed by atoms with Gasteiger partial charge in [0.2, 0.25) is 0 Å². The normalized spacial score (nSPS) is 10.6. The van der Waals surface area contributed by atoms with E-state index in [0.717, 1.165) is 0 Å². The summed E-state index contributed by atoms with van der Waals surface area (Å²) in [5, 5.41) is 0. The van der Waals surface area contributed by atoms with Gasteiger partial charge in [0.05, 0.1) is 5.56 Å². The Labute approximate surface area is 116 Å². The second-order valence-electron chi connectivity index (χ2n) is 4.03. The molecule has 1 nitrogen and oxygen atoms in total. The van der Waals surface area contributed by atoms with Crippen LogP contribution in [0.5, 0.6) is 0 Å². The molecule has 0 saturated heterocycles. The van der Waals surface area contributed by atoms with Gasteiger partial charge in [0.25, 0.3) is 0 Å². The maximum Gasteiger partial charge on any atom is 0.196 e. The first kappa shape index (κ1) is 13.8. The summed E-state index contributed by atoms with van der Waals surface area (Å²) in [6.45, 7) is 1.68. The van der Waals surface area contributed by atoms with Gasteiger partial charge in [0.15, 0.2) is 17.4 Å². The summed E-state index contributed by atoms with van der Waals surface area (Å²) in [5.74, 6) is -4.34. The van der Waals surface area contributed by atoms with Crippen molar-refractivity contribution in [3.8, 4) is 0 Å². The van der Waals surface area contributed by atoms with Gasteiger partial charge in [-0.05, 0) is 30.7 Å². The molecular weight excluding hydrogens is 321 g/mol. The molecule has 0 radical (unpaired) electrons. The molecule has 2 aromatic rings. The van der Waals surface area contributed by atoms with Crippen LogP contribution in [0, 0.1) is 24.4 Å². The molecule has 0 bridgehead atoms. The first-order chi connectivity index (χ1) is 8.90. The standard InChI is InChI=1S/C14H8BrF3O/c1-7-2-3-8(15)4-9(7)14(19)10-5-12(17)13(18)6-11(10)16/h2-6H,1H3. The van der Waals surface area contributed by atoms with E-state index in [1.165, 1.54) is 6.07 Å². The van der Waals surface area contributed by atoms with Gasteiger partial charge in [-0.25, -0.2) is 13.2 Å². The fourth-order valence-corrected chi connectivity index (χ4v) is 2.04. The van der Waals surface area contributed by atoms with Gasteiger partial charge < -0.3 is 0 Å². The number of benzene rings is 2. The SMILES string of the molecule is Cc1ccc(Br)cc1C(=O)c1cc(F)c(F)cc1F. The molecular formula is C14H8BrF3O. The summed E-state index contributed by atoms with van der Waals surface area (Å²) in [6.07, 6.45) is 0. The lowest BCUT2D eigenvalue weighted by molar-refractivity contribution is 0.103. The molecule has 2 rings (SSSR count). The Bertz CT molecular complexity index is 668. The number of carbonyl (C=O) groups is 1. The van der Waals surface area contributed by atoms with Crippen molar-refractivity contribution < 1.29 is 18.0 Å². The zero-order valence-corrected chi connectivity index (χ0v) is 11.4. The van der Waals surface area contributed by atoms with Gasteiger partial charge in [-0.1, -0.05) is 22.0 Å². The van der Waals surface area contributed by atoms with E-state index in [4.69, 9.17) is 0 Å². The quantitative estimate of drug-likeness (QED) is 0.589. The van der Waals surface area contributed by atoms with Gasteiger partial charge >= 0.3 is 0 Å². The Morgan fingerprint density at radius 1 is 0.947 bits per heavy atom. The van der Waals surface area contributed by atoms with Crippen molar-refractivity contribution in [1.29, 1.82) is 0 Å². The number of rotatable bonds is 2. The van der Waals surface area contributed by atoms with Crippen LogP contribution in [0.1, 0.15) is 21.5 Å². The minimum atomic E-state index is -1.32. The molecule has 19 heavy (non-hydrogen) atoms. The fourth-order valence-electron chi connectivity index (χ4n) is 1.68. The molecule has 0 spiro atoms. The summed E-state index contributed by atoms with van der Waals surface area (Å²) in [4.78, 5) is 12.2. The monoisotopic (exact) mass is 328 g/mol. The zero-order chi connectivity index (χ0) is 14.2. The van der Waals surface area contributed by atoms with Crippen LogP contribution in [-0.2, 0) is 0 Å². The van der Waals surface area contributed by atoms with Gasteiger partial charge in [-0.3, -0.25) is 4.79 Å². The number of hydrogen-bond acceptors (Lipinski definition) is 1. The zero-order valence-electron chi connectivity index (χ0n) is 9.81. The van der Waals surface area contributed by atoms with Crippen LogP contribution in [0.2, 0.25) is 0 Å². The summed E-state index contributed by atoms with van der Waals surface area (Å²) in [6, 6.07) is 5.87. The summed E-state index contributed by atoms with van der Waals surface area (Å²) in [5.41, 5.74) is 0.372. The predicted molar refractivity (Wildman–Crippen MR) is 68.6 cm³/mol. The Morgan fingerprint density at radius 3 is 2.26 bits per heavy atom. The average molecular weight is 329 g/mol. The molecule has 0 aromatic heterocycles. The highest BCUT2D eigenvalue weighted by atomic mass is 79.9. The van der Waals surface area contributed by atoms with Crippen molar-refractivity contribution in [1.82, 2.24) is 0 Å². The van der Waals surface area contributed by atoms with Gasteiger partial charge in [0, 0.05) is 16.1 Å². The molecule has 0 saturated carbocycles. The van der Waals surface area contributed by atoms with Crippen LogP contribution >= 0.6 is 15.9 Å². The lowest BCUT2D eigenvalue weighted by Crippen LogP contribution is -2.08. The number of hydrogen-bond donors (Lipinski definition) is 0. The smallest absolute Gasteiger partial charge is 0.196 e. The predicted octanol–water partition coefficient (Wildman–Crippen LogP) is 4.41. The molecule has 0 fully saturated rings. The van der Waals surface area contributed by atoms with Crippen LogP contribution in [0.15, 0.2) is 34.8 Å². The minimum absolute atomic E-state index is 0.235. The Morgan fingerprint density at radius 2 is 1.58 bits per heavy atom. The van der Waals surface area contributed by atoms with E-state index in [9.17, 15) is 18.0 Å². The van der Waals surface area contributed by atoms with Crippen molar-refractivity contribution in [3.05, 3.63) is 68.9 Å². The summed E-state index contributed by atoms with van der Waals surface area (Å²) in [7, 11) is 0. The number of carbonyl (C=O) groups excluding carboxylic acids is 1. The molecule has 0 aliphatic rings. The lowest BCUT2D eigenvalue weighted by Gasteiger charge is -2.07. The Kier molecular flexibility index (Phi) is 3.75. The average Bonchev–Trinajstić information content (AvgIpc) is 2.36. The molecule has 0 atom stereocenters. The topological polar surface area (TPSA) is 17.1 Å². The van der Waals surface area contributed by atoms with E-state index < -0.39 is 28.8 Å². The Balaban J connectivity index is 2.56. The highest BCUT2D eigenvalue weighted by molar-refractivity contribution is 9.10. The van der Waals surface area contributed by atoms with E-state index in [2.05, 4.69) is 15.9 Å². The number of halogens is 4. The van der Waals surface area contributed by atoms with Crippen molar-refractivity contribution in [2.24, 2.45) is 0 Å². The number of aryl methyl sites for hydroxylation is 1. The molecule has 0 heterocycles. The fraction of sp³-hybridized carbons (Fsp3) is 0.0714. The van der Waals surface area contributed by atoms with E-state index in [1.807, 2.05) is 0 Å². The first-order valence-electron chi connectivity index (χ1n) is 5.35. The maximum atomic E-state index is 13.6. The van der Waals surface area contributed by atoms with E-state index >= 15 is 0 Å².